The standard InChI is InChI=1S/C15H17F2N3O2S/c1-15(2,3)14-20-19-11(23-14)7-18-13(21)12-9(16)5-8(22-4)6-10(12)17/h5-6H,7H2,1-4H3,(H,18,21). The Morgan fingerprint density at radius 1 is 1.26 bits per heavy atom. The van der Waals surface area contributed by atoms with Gasteiger partial charge in [-0.1, -0.05) is 32.1 Å². The van der Waals surface area contributed by atoms with Crippen molar-refractivity contribution in [3.63, 3.8) is 0 Å². The maximum atomic E-state index is 13.8. The SMILES string of the molecule is COc1cc(F)c(C(=O)NCc2nnc(C(C)(C)C)s2)c(F)c1. The fourth-order valence-electron chi connectivity index (χ4n) is 1.76. The van der Waals surface area contributed by atoms with Gasteiger partial charge in [0.25, 0.3) is 5.91 Å². The van der Waals surface area contributed by atoms with Crippen LogP contribution in [0.2, 0.25) is 0 Å². The number of rotatable bonds is 4. The van der Waals surface area contributed by atoms with Crippen LogP contribution < -0.4 is 10.1 Å². The molecule has 0 unspecified atom stereocenters. The lowest BCUT2D eigenvalue weighted by Crippen LogP contribution is -2.25. The lowest BCUT2D eigenvalue weighted by atomic mass is 9.98. The van der Waals surface area contributed by atoms with Crippen molar-refractivity contribution in [3.8, 4) is 5.75 Å². The molecule has 0 bridgehead atoms. The van der Waals surface area contributed by atoms with Gasteiger partial charge in [-0.3, -0.25) is 4.79 Å². The molecule has 0 aliphatic heterocycles. The molecule has 0 saturated heterocycles. The predicted molar refractivity (Wildman–Crippen MR) is 82.7 cm³/mol. The Labute approximate surface area is 136 Å². The van der Waals surface area contributed by atoms with Crippen LogP contribution in [0.25, 0.3) is 0 Å². The molecule has 1 heterocycles. The van der Waals surface area contributed by atoms with Crippen molar-refractivity contribution in [2.24, 2.45) is 0 Å². The second-order valence-corrected chi connectivity index (χ2v) is 6.96. The molecule has 0 fully saturated rings. The summed E-state index contributed by atoms with van der Waals surface area (Å²) in [6.07, 6.45) is 0. The zero-order valence-electron chi connectivity index (χ0n) is 13.2. The van der Waals surface area contributed by atoms with Crippen molar-refractivity contribution in [2.45, 2.75) is 32.7 Å². The van der Waals surface area contributed by atoms with Gasteiger partial charge in [-0.05, 0) is 0 Å². The number of nitrogens with one attached hydrogen (secondary N) is 1. The van der Waals surface area contributed by atoms with Crippen LogP contribution in [0.4, 0.5) is 8.78 Å². The summed E-state index contributed by atoms with van der Waals surface area (Å²) in [7, 11) is 1.29. The van der Waals surface area contributed by atoms with E-state index in [2.05, 4.69) is 15.5 Å². The molecule has 0 atom stereocenters. The molecule has 124 valence electrons. The molecule has 0 aliphatic carbocycles. The molecule has 0 radical (unpaired) electrons. The van der Waals surface area contributed by atoms with Crippen LogP contribution in [-0.4, -0.2) is 23.2 Å². The van der Waals surface area contributed by atoms with Crippen LogP contribution in [0, 0.1) is 11.6 Å². The number of halogens is 2. The average Bonchev–Trinajstić information content (AvgIpc) is 2.93. The number of amides is 1. The molecule has 0 aliphatic rings. The van der Waals surface area contributed by atoms with E-state index in [4.69, 9.17) is 4.74 Å². The topological polar surface area (TPSA) is 64.1 Å². The van der Waals surface area contributed by atoms with Gasteiger partial charge in [0.15, 0.2) is 0 Å². The first-order chi connectivity index (χ1) is 10.7. The van der Waals surface area contributed by atoms with Gasteiger partial charge in [0.2, 0.25) is 0 Å². The highest BCUT2D eigenvalue weighted by molar-refractivity contribution is 7.11. The second kappa shape index (κ2) is 6.57. The van der Waals surface area contributed by atoms with E-state index in [1.165, 1.54) is 18.4 Å². The molecule has 0 spiro atoms. The van der Waals surface area contributed by atoms with Crippen molar-refractivity contribution in [3.05, 3.63) is 39.3 Å². The molecule has 1 amide bonds. The average molecular weight is 341 g/mol. The predicted octanol–water partition coefficient (Wildman–Crippen LogP) is 3.05. The van der Waals surface area contributed by atoms with Crippen molar-refractivity contribution in [1.82, 2.24) is 15.5 Å². The molecule has 2 rings (SSSR count). The number of hydrogen-bond acceptors (Lipinski definition) is 5. The van der Waals surface area contributed by atoms with Crippen LogP contribution in [0.15, 0.2) is 12.1 Å². The number of nitrogens with zero attached hydrogens (tertiary/aromatic N) is 2. The maximum absolute atomic E-state index is 13.8. The van der Waals surface area contributed by atoms with Gasteiger partial charge in [-0.2, -0.15) is 0 Å². The molecule has 1 aromatic carbocycles. The van der Waals surface area contributed by atoms with Crippen molar-refractivity contribution < 1.29 is 18.3 Å². The third-order valence-electron chi connectivity index (χ3n) is 2.99. The molecular formula is C15H17F2N3O2S. The van der Waals surface area contributed by atoms with E-state index in [1.54, 1.807) is 0 Å². The number of carbonyl (C=O) groups excluding carboxylic acids is 1. The first kappa shape index (κ1) is 17.3. The third-order valence-corrected chi connectivity index (χ3v) is 4.34. The minimum atomic E-state index is -0.980. The van der Waals surface area contributed by atoms with E-state index in [0.717, 1.165) is 17.1 Å². The van der Waals surface area contributed by atoms with Gasteiger partial charge in [0.1, 0.15) is 33.0 Å². The molecule has 8 heteroatoms. The van der Waals surface area contributed by atoms with E-state index in [1.807, 2.05) is 20.8 Å². The fourth-order valence-corrected chi connectivity index (χ4v) is 2.59. The molecule has 23 heavy (non-hydrogen) atoms. The number of ether oxygens (including phenoxy) is 1. The highest BCUT2D eigenvalue weighted by Crippen LogP contribution is 2.25. The van der Waals surface area contributed by atoms with E-state index in [-0.39, 0.29) is 17.7 Å². The normalized spacial score (nSPS) is 11.4. The Balaban J connectivity index is 2.10. The second-order valence-electron chi connectivity index (χ2n) is 5.90. The Hall–Kier alpha value is -2.09. The summed E-state index contributed by atoms with van der Waals surface area (Å²) in [6.45, 7) is 6.05. The Morgan fingerprint density at radius 2 is 1.87 bits per heavy atom. The van der Waals surface area contributed by atoms with Gasteiger partial charge < -0.3 is 10.1 Å². The molecule has 2 aromatic rings. The van der Waals surface area contributed by atoms with E-state index >= 15 is 0 Å². The van der Waals surface area contributed by atoms with Crippen LogP contribution in [0.1, 0.15) is 41.1 Å². The summed E-state index contributed by atoms with van der Waals surface area (Å²) in [5.41, 5.74) is -0.792. The first-order valence-corrected chi connectivity index (χ1v) is 7.68. The molecule has 1 N–H and O–H groups in total. The third kappa shape index (κ3) is 4.01. The Morgan fingerprint density at radius 3 is 2.35 bits per heavy atom. The zero-order chi connectivity index (χ0) is 17.2. The molecule has 0 saturated carbocycles. The summed E-state index contributed by atoms with van der Waals surface area (Å²) in [5, 5.41) is 11.9. The van der Waals surface area contributed by atoms with Crippen LogP contribution >= 0.6 is 11.3 Å². The summed E-state index contributed by atoms with van der Waals surface area (Å²) in [5.74, 6) is -2.80. The van der Waals surface area contributed by atoms with E-state index in [0.29, 0.717) is 5.01 Å². The summed E-state index contributed by atoms with van der Waals surface area (Å²) < 4.78 is 32.4. The molecule has 1 aromatic heterocycles. The van der Waals surface area contributed by atoms with Gasteiger partial charge in [-0.15, -0.1) is 10.2 Å². The van der Waals surface area contributed by atoms with Gasteiger partial charge in [-0.25, -0.2) is 8.78 Å². The largest absolute Gasteiger partial charge is 0.497 e. The highest BCUT2D eigenvalue weighted by atomic mass is 32.1. The van der Waals surface area contributed by atoms with Gasteiger partial charge in [0, 0.05) is 17.5 Å². The van der Waals surface area contributed by atoms with Crippen molar-refractivity contribution in [2.75, 3.05) is 7.11 Å². The number of hydrogen-bond donors (Lipinski definition) is 1. The summed E-state index contributed by atoms with van der Waals surface area (Å²) in [6, 6.07) is 1.92. The van der Waals surface area contributed by atoms with Gasteiger partial charge in [0.05, 0.1) is 13.7 Å². The lowest BCUT2D eigenvalue weighted by Gasteiger charge is -2.12. The Kier molecular flexibility index (Phi) is 4.93. The molecular weight excluding hydrogens is 324 g/mol. The van der Waals surface area contributed by atoms with Crippen molar-refractivity contribution >= 4 is 17.2 Å². The summed E-state index contributed by atoms with van der Waals surface area (Å²) >= 11 is 1.35. The summed E-state index contributed by atoms with van der Waals surface area (Å²) in [4.78, 5) is 12.0. The van der Waals surface area contributed by atoms with Crippen LogP contribution in [0.5, 0.6) is 5.75 Å². The lowest BCUT2D eigenvalue weighted by molar-refractivity contribution is 0.0942. The minimum absolute atomic E-state index is 0.00972. The minimum Gasteiger partial charge on any atom is -0.497 e. The van der Waals surface area contributed by atoms with Crippen LogP contribution in [-0.2, 0) is 12.0 Å². The maximum Gasteiger partial charge on any atom is 0.257 e. The van der Waals surface area contributed by atoms with Crippen LogP contribution in [0.3, 0.4) is 0 Å². The van der Waals surface area contributed by atoms with Gasteiger partial charge >= 0.3 is 0 Å². The number of methoxy groups -OCH3 is 1. The Bertz CT molecular complexity index is 703. The number of benzene rings is 1. The quantitative estimate of drug-likeness (QED) is 0.928. The van der Waals surface area contributed by atoms with E-state index < -0.39 is 23.1 Å². The van der Waals surface area contributed by atoms with E-state index in [9.17, 15) is 13.6 Å². The zero-order valence-corrected chi connectivity index (χ0v) is 14.1. The van der Waals surface area contributed by atoms with Crippen molar-refractivity contribution in [1.29, 1.82) is 0 Å². The smallest absolute Gasteiger partial charge is 0.257 e. The molecule has 5 nitrogen and oxygen atoms in total. The number of carbonyl (C=O) groups is 1. The monoisotopic (exact) mass is 341 g/mol. The first-order valence-electron chi connectivity index (χ1n) is 6.86. The number of aromatic nitrogens is 2. The highest BCUT2D eigenvalue weighted by Gasteiger charge is 2.21. The fraction of sp³-hybridized carbons (Fsp3) is 0.400.